The van der Waals surface area contributed by atoms with Crippen LogP contribution in [-0.2, 0) is 9.47 Å². The van der Waals surface area contributed by atoms with Crippen molar-refractivity contribution in [3.8, 4) is 0 Å². The number of ether oxygens (including phenoxy) is 2. The van der Waals surface area contributed by atoms with Crippen molar-refractivity contribution in [3.63, 3.8) is 0 Å². The molecule has 108 valence electrons. The van der Waals surface area contributed by atoms with Gasteiger partial charge in [-0.15, -0.1) is 0 Å². The monoisotopic (exact) mass is 279 g/mol. The maximum Gasteiger partial charge on any atom is 0.167 e. The van der Waals surface area contributed by atoms with E-state index in [9.17, 15) is 5.11 Å². The average Bonchev–Trinajstić information content (AvgIpc) is 3.03. The number of aromatic nitrogens is 4. The molecule has 1 saturated heterocycles. The van der Waals surface area contributed by atoms with Crippen LogP contribution in [0.2, 0.25) is 0 Å². The molecule has 8 heteroatoms. The van der Waals surface area contributed by atoms with Crippen LogP contribution in [-0.4, -0.2) is 50.0 Å². The highest BCUT2D eigenvalue weighted by Crippen LogP contribution is 2.32. The van der Waals surface area contributed by atoms with Crippen LogP contribution in [0, 0.1) is 0 Å². The molecule has 1 aliphatic rings. The Morgan fingerprint density at radius 3 is 3.10 bits per heavy atom. The van der Waals surface area contributed by atoms with Gasteiger partial charge in [-0.3, -0.25) is 4.57 Å². The molecule has 0 aromatic carbocycles. The van der Waals surface area contributed by atoms with E-state index in [1.807, 2.05) is 6.92 Å². The molecule has 3 heterocycles. The molecule has 0 spiro atoms. The van der Waals surface area contributed by atoms with Gasteiger partial charge in [-0.25, -0.2) is 15.0 Å². The molecule has 1 aliphatic heterocycles. The van der Waals surface area contributed by atoms with E-state index < -0.39 is 0 Å². The maximum atomic E-state index is 9.36. The topological polar surface area (TPSA) is 108 Å². The Kier molecular flexibility index (Phi) is 3.51. The van der Waals surface area contributed by atoms with Gasteiger partial charge < -0.3 is 20.3 Å². The number of hydrogen-bond donors (Lipinski definition) is 2. The Bertz CT molecular complexity index is 602. The molecule has 3 atom stereocenters. The van der Waals surface area contributed by atoms with Crippen LogP contribution in [0.25, 0.3) is 11.2 Å². The average molecular weight is 279 g/mol. The summed E-state index contributed by atoms with van der Waals surface area (Å²) in [7, 11) is 0. The van der Waals surface area contributed by atoms with Crippen LogP contribution in [0.4, 0.5) is 5.82 Å². The number of nitrogens with two attached hydrogens (primary N) is 1. The molecule has 1 fully saturated rings. The van der Waals surface area contributed by atoms with Gasteiger partial charge in [0.15, 0.2) is 11.5 Å². The van der Waals surface area contributed by atoms with Crippen molar-refractivity contribution >= 4 is 17.0 Å². The number of anilines is 1. The largest absolute Gasteiger partial charge is 0.394 e. The van der Waals surface area contributed by atoms with Gasteiger partial charge in [0.25, 0.3) is 0 Å². The van der Waals surface area contributed by atoms with Crippen molar-refractivity contribution in [2.24, 2.45) is 0 Å². The fourth-order valence-corrected chi connectivity index (χ4v) is 2.51. The molecule has 0 radical (unpaired) electrons. The minimum Gasteiger partial charge on any atom is -0.394 e. The van der Waals surface area contributed by atoms with Gasteiger partial charge in [-0.2, -0.15) is 0 Å². The third-order valence-corrected chi connectivity index (χ3v) is 3.44. The first-order valence-electron chi connectivity index (χ1n) is 6.55. The number of nitrogens with zero attached hydrogens (tertiary/aromatic N) is 4. The first kappa shape index (κ1) is 13.2. The van der Waals surface area contributed by atoms with Crippen LogP contribution in [0.15, 0.2) is 12.7 Å². The quantitative estimate of drug-likeness (QED) is 0.816. The first-order valence-corrected chi connectivity index (χ1v) is 6.55. The molecular formula is C12H17N5O3. The van der Waals surface area contributed by atoms with Gasteiger partial charge in [-0.05, 0) is 6.92 Å². The summed E-state index contributed by atoms with van der Waals surface area (Å²) in [5.41, 5.74) is 6.94. The predicted octanol–water partition coefficient (Wildman–Crippen LogP) is 0.0934. The Morgan fingerprint density at radius 1 is 1.50 bits per heavy atom. The second-order valence-corrected chi connectivity index (χ2v) is 4.62. The van der Waals surface area contributed by atoms with Crippen molar-refractivity contribution < 1.29 is 14.6 Å². The molecule has 3 N–H and O–H groups in total. The zero-order valence-corrected chi connectivity index (χ0v) is 11.1. The molecule has 0 aliphatic carbocycles. The lowest BCUT2D eigenvalue weighted by Gasteiger charge is -2.15. The van der Waals surface area contributed by atoms with E-state index in [0.29, 0.717) is 30.0 Å². The summed E-state index contributed by atoms with van der Waals surface area (Å²) in [5.74, 6) is 0.340. The standard InChI is InChI=1S/C12H17N5O3/c1-2-19-7-3-9(20-8(7)4-18)17-6-16-10-11(13)14-5-15-12(10)17/h5-9,18H,2-4H2,1H3,(H2,13,14,15). The number of aliphatic hydroxyl groups excluding tert-OH is 1. The molecule has 0 bridgehead atoms. The second-order valence-electron chi connectivity index (χ2n) is 4.62. The fraction of sp³-hybridized carbons (Fsp3) is 0.583. The molecule has 3 rings (SSSR count). The summed E-state index contributed by atoms with van der Waals surface area (Å²) in [4.78, 5) is 12.3. The summed E-state index contributed by atoms with van der Waals surface area (Å²) in [5, 5.41) is 9.36. The highest BCUT2D eigenvalue weighted by Gasteiger charge is 2.37. The van der Waals surface area contributed by atoms with Crippen molar-refractivity contribution in [2.75, 3.05) is 18.9 Å². The minimum absolute atomic E-state index is 0.0785. The summed E-state index contributed by atoms with van der Waals surface area (Å²) < 4.78 is 13.2. The highest BCUT2D eigenvalue weighted by molar-refractivity contribution is 5.81. The van der Waals surface area contributed by atoms with E-state index in [2.05, 4.69) is 15.0 Å². The molecular weight excluding hydrogens is 262 g/mol. The van der Waals surface area contributed by atoms with Gasteiger partial charge in [0, 0.05) is 13.0 Å². The smallest absolute Gasteiger partial charge is 0.167 e. The third-order valence-electron chi connectivity index (χ3n) is 3.44. The lowest BCUT2D eigenvalue weighted by molar-refractivity contribution is -0.0584. The Morgan fingerprint density at radius 2 is 2.35 bits per heavy atom. The predicted molar refractivity (Wildman–Crippen MR) is 70.8 cm³/mol. The zero-order valence-electron chi connectivity index (χ0n) is 11.1. The second kappa shape index (κ2) is 5.31. The van der Waals surface area contributed by atoms with Gasteiger partial charge >= 0.3 is 0 Å². The van der Waals surface area contributed by atoms with Crippen LogP contribution >= 0.6 is 0 Å². The molecule has 0 saturated carbocycles. The number of hydrogen-bond acceptors (Lipinski definition) is 7. The van der Waals surface area contributed by atoms with Gasteiger partial charge in [0.1, 0.15) is 24.2 Å². The first-order chi connectivity index (χ1) is 9.74. The van der Waals surface area contributed by atoms with Crippen molar-refractivity contribution in [3.05, 3.63) is 12.7 Å². The molecule has 0 amide bonds. The van der Waals surface area contributed by atoms with Crippen LogP contribution in [0.1, 0.15) is 19.6 Å². The zero-order chi connectivity index (χ0) is 14.1. The van der Waals surface area contributed by atoms with Crippen LogP contribution in [0.3, 0.4) is 0 Å². The fourth-order valence-electron chi connectivity index (χ4n) is 2.51. The summed E-state index contributed by atoms with van der Waals surface area (Å²) >= 11 is 0. The lowest BCUT2D eigenvalue weighted by atomic mass is 10.2. The molecule has 2 aromatic heterocycles. The van der Waals surface area contributed by atoms with Gasteiger partial charge in [0.05, 0.1) is 19.0 Å². The molecule has 8 nitrogen and oxygen atoms in total. The normalized spacial score (nSPS) is 26.4. The van der Waals surface area contributed by atoms with E-state index in [-0.39, 0.29) is 25.0 Å². The van der Waals surface area contributed by atoms with Crippen LogP contribution < -0.4 is 5.73 Å². The lowest BCUT2D eigenvalue weighted by Crippen LogP contribution is -2.27. The molecule has 3 unspecified atom stereocenters. The molecule has 20 heavy (non-hydrogen) atoms. The van der Waals surface area contributed by atoms with E-state index in [1.54, 1.807) is 10.9 Å². The summed E-state index contributed by atoms with van der Waals surface area (Å²) in [6.07, 6.45) is 2.91. The third kappa shape index (κ3) is 2.11. The number of imidazole rings is 1. The van der Waals surface area contributed by atoms with Crippen molar-refractivity contribution in [2.45, 2.75) is 31.8 Å². The van der Waals surface area contributed by atoms with E-state index >= 15 is 0 Å². The summed E-state index contributed by atoms with van der Waals surface area (Å²) in [6, 6.07) is 0. The van der Waals surface area contributed by atoms with Crippen molar-refractivity contribution in [1.29, 1.82) is 0 Å². The van der Waals surface area contributed by atoms with E-state index in [1.165, 1.54) is 6.33 Å². The minimum atomic E-state index is -0.336. The number of nitrogen functional groups attached to an aromatic ring is 1. The Hall–Kier alpha value is -1.77. The maximum absolute atomic E-state index is 9.36. The number of aliphatic hydroxyl groups is 1. The number of fused-ring (bicyclic) bond motifs is 1. The highest BCUT2D eigenvalue weighted by atomic mass is 16.6. The van der Waals surface area contributed by atoms with Crippen molar-refractivity contribution in [1.82, 2.24) is 19.5 Å². The van der Waals surface area contributed by atoms with E-state index in [0.717, 1.165) is 0 Å². The van der Waals surface area contributed by atoms with Gasteiger partial charge in [0.2, 0.25) is 0 Å². The SMILES string of the molecule is CCOC1CC(n2cnc3c(N)ncnc32)OC1CO. The number of rotatable bonds is 4. The summed E-state index contributed by atoms with van der Waals surface area (Å²) in [6.45, 7) is 2.42. The van der Waals surface area contributed by atoms with Crippen LogP contribution in [0.5, 0.6) is 0 Å². The van der Waals surface area contributed by atoms with E-state index in [4.69, 9.17) is 15.2 Å². The molecule has 2 aromatic rings. The Balaban J connectivity index is 1.90. The van der Waals surface area contributed by atoms with Gasteiger partial charge in [-0.1, -0.05) is 0 Å². The Labute approximate surface area is 115 Å².